The first-order valence-corrected chi connectivity index (χ1v) is 6.29. The fourth-order valence-corrected chi connectivity index (χ4v) is 1.87. The Hall–Kier alpha value is -1.58. The number of ether oxygens (including phenoxy) is 1. The van der Waals surface area contributed by atoms with E-state index in [2.05, 4.69) is 0 Å². The molecule has 100 valence electrons. The van der Waals surface area contributed by atoms with Crippen LogP contribution in [0.25, 0.3) is 0 Å². The van der Waals surface area contributed by atoms with Gasteiger partial charge in [0.05, 0.1) is 11.1 Å². The van der Waals surface area contributed by atoms with E-state index >= 15 is 0 Å². The minimum Gasteiger partial charge on any atom is -0.489 e. The molecule has 0 unspecified atom stereocenters. The zero-order valence-electron chi connectivity index (χ0n) is 10.4. The summed E-state index contributed by atoms with van der Waals surface area (Å²) in [7, 11) is 0. The van der Waals surface area contributed by atoms with E-state index in [1.807, 2.05) is 6.07 Å². The van der Waals surface area contributed by atoms with Gasteiger partial charge in [-0.05, 0) is 30.7 Å². The van der Waals surface area contributed by atoms with Crippen LogP contribution >= 0.6 is 11.6 Å². The van der Waals surface area contributed by atoms with Crippen molar-refractivity contribution in [2.75, 3.05) is 0 Å². The first kappa shape index (κ1) is 13.8. The van der Waals surface area contributed by atoms with Crippen LogP contribution in [0.4, 0.5) is 4.39 Å². The molecule has 0 saturated carbocycles. The summed E-state index contributed by atoms with van der Waals surface area (Å²) in [6, 6.07) is 11.7. The van der Waals surface area contributed by atoms with Crippen LogP contribution < -0.4 is 4.74 Å². The Morgan fingerprint density at radius 3 is 2.74 bits per heavy atom. The quantitative estimate of drug-likeness (QED) is 0.913. The normalized spacial score (nSPS) is 12.2. The SMILES string of the molecule is C[C@@H](O)c1cccc(OCc2cccc(F)c2Cl)c1. The van der Waals surface area contributed by atoms with Crippen LogP contribution in [0.2, 0.25) is 5.02 Å². The molecule has 2 nitrogen and oxygen atoms in total. The number of aliphatic hydroxyl groups is 1. The molecule has 1 N–H and O–H groups in total. The van der Waals surface area contributed by atoms with E-state index in [0.29, 0.717) is 11.3 Å². The maximum atomic E-state index is 13.3. The van der Waals surface area contributed by atoms with Gasteiger partial charge in [-0.25, -0.2) is 4.39 Å². The smallest absolute Gasteiger partial charge is 0.142 e. The lowest BCUT2D eigenvalue weighted by Gasteiger charge is -2.10. The van der Waals surface area contributed by atoms with E-state index in [9.17, 15) is 9.50 Å². The van der Waals surface area contributed by atoms with Gasteiger partial charge in [-0.2, -0.15) is 0 Å². The summed E-state index contributed by atoms with van der Waals surface area (Å²) in [5.41, 5.74) is 1.35. The third kappa shape index (κ3) is 3.46. The van der Waals surface area contributed by atoms with Gasteiger partial charge < -0.3 is 9.84 Å². The lowest BCUT2D eigenvalue weighted by molar-refractivity contribution is 0.198. The van der Waals surface area contributed by atoms with Crippen LogP contribution in [0.5, 0.6) is 5.75 Å². The zero-order chi connectivity index (χ0) is 13.8. The highest BCUT2D eigenvalue weighted by atomic mass is 35.5. The Bertz CT molecular complexity index is 570. The van der Waals surface area contributed by atoms with Crippen molar-refractivity contribution in [2.24, 2.45) is 0 Å². The first-order chi connectivity index (χ1) is 9.08. The maximum absolute atomic E-state index is 13.3. The summed E-state index contributed by atoms with van der Waals surface area (Å²) in [4.78, 5) is 0. The van der Waals surface area contributed by atoms with Gasteiger partial charge in [-0.1, -0.05) is 35.9 Å². The maximum Gasteiger partial charge on any atom is 0.142 e. The fraction of sp³-hybridized carbons (Fsp3) is 0.200. The molecule has 0 saturated heterocycles. The predicted molar refractivity (Wildman–Crippen MR) is 72.8 cm³/mol. The second-order valence-electron chi connectivity index (χ2n) is 4.25. The Labute approximate surface area is 116 Å². The molecule has 19 heavy (non-hydrogen) atoms. The van der Waals surface area contributed by atoms with Crippen molar-refractivity contribution in [2.45, 2.75) is 19.6 Å². The Kier molecular flexibility index (Phi) is 4.40. The molecule has 0 aliphatic heterocycles. The predicted octanol–water partition coefficient (Wildman–Crippen LogP) is 4.11. The largest absolute Gasteiger partial charge is 0.489 e. The van der Waals surface area contributed by atoms with E-state index in [4.69, 9.17) is 16.3 Å². The first-order valence-electron chi connectivity index (χ1n) is 5.91. The van der Waals surface area contributed by atoms with Crippen LogP contribution in [-0.4, -0.2) is 5.11 Å². The molecule has 0 aliphatic carbocycles. The van der Waals surface area contributed by atoms with E-state index in [1.54, 1.807) is 37.3 Å². The van der Waals surface area contributed by atoms with Crippen molar-refractivity contribution in [3.63, 3.8) is 0 Å². The van der Waals surface area contributed by atoms with Crippen molar-refractivity contribution in [3.05, 3.63) is 64.4 Å². The molecular formula is C15H14ClFO2. The number of hydrogen-bond acceptors (Lipinski definition) is 2. The summed E-state index contributed by atoms with van der Waals surface area (Å²) in [6.45, 7) is 1.86. The number of aliphatic hydroxyl groups excluding tert-OH is 1. The van der Waals surface area contributed by atoms with Crippen LogP contribution in [0.1, 0.15) is 24.2 Å². The van der Waals surface area contributed by atoms with Gasteiger partial charge in [0.1, 0.15) is 18.2 Å². The van der Waals surface area contributed by atoms with Crippen molar-refractivity contribution in [1.82, 2.24) is 0 Å². The molecule has 0 heterocycles. The molecule has 0 fully saturated rings. The average Bonchev–Trinajstić information content (AvgIpc) is 2.41. The van der Waals surface area contributed by atoms with Crippen LogP contribution in [0.3, 0.4) is 0 Å². The molecule has 0 aromatic heterocycles. The van der Waals surface area contributed by atoms with E-state index in [-0.39, 0.29) is 11.6 Å². The van der Waals surface area contributed by atoms with Gasteiger partial charge in [-0.15, -0.1) is 0 Å². The van der Waals surface area contributed by atoms with Crippen molar-refractivity contribution >= 4 is 11.6 Å². The van der Waals surface area contributed by atoms with Crippen molar-refractivity contribution in [1.29, 1.82) is 0 Å². The monoisotopic (exact) mass is 280 g/mol. The van der Waals surface area contributed by atoms with Gasteiger partial charge in [0.25, 0.3) is 0 Å². The lowest BCUT2D eigenvalue weighted by Crippen LogP contribution is -1.98. The summed E-state index contributed by atoms with van der Waals surface area (Å²) in [6.07, 6.45) is -0.554. The number of hydrogen-bond donors (Lipinski definition) is 1. The van der Waals surface area contributed by atoms with E-state index in [1.165, 1.54) is 6.07 Å². The highest BCUT2D eigenvalue weighted by Crippen LogP contribution is 2.23. The molecule has 2 rings (SSSR count). The topological polar surface area (TPSA) is 29.5 Å². The number of halogens is 2. The molecule has 0 radical (unpaired) electrons. The molecular weight excluding hydrogens is 267 g/mol. The lowest BCUT2D eigenvalue weighted by atomic mass is 10.1. The third-order valence-electron chi connectivity index (χ3n) is 2.77. The Balaban J connectivity index is 2.10. The van der Waals surface area contributed by atoms with Gasteiger partial charge in [0.2, 0.25) is 0 Å². The zero-order valence-corrected chi connectivity index (χ0v) is 11.2. The molecule has 2 aromatic rings. The standard InChI is InChI=1S/C15H14ClFO2/c1-10(18)11-4-2-6-13(8-11)19-9-12-5-3-7-14(17)15(12)16/h2-8,10,18H,9H2,1H3/t10-/m1/s1. The summed E-state index contributed by atoms with van der Waals surface area (Å²) in [5, 5.41) is 9.57. The van der Waals surface area contributed by atoms with Crippen LogP contribution in [0.15, 0.2) is 42.5 Å². The van der Waals surface area contributed by atoms with Gasteiger partial charge >= 0.3 is 0 Å². The summed E-state index contributed by atoms with van der Waals surface area (Å²) in [5.74, 6) is 0.152. The van der Waals surface area contributed by atoms with Crippen LogP contribution in [-0.2, 0) is 6.61 Å². The Morgan fingerprint density at radius 2 is 2.00 bits per heavy atom. The minimum atomic E-state index is -0.554. The fourth-order valence-electron chi connectivity index (χ4n) is 1.69. The highest BCUT2D eigenvalue weighted by Gasteiger charge is 2.07. The van der Waals surface area contributed by atoms with Gasteiger partial charge in [0, 0.05) is 5.56 Å². The molecule has 0 bridgehead atoms. The Morgan fingerprint density at radius 1 is 1.26 bits per heavy atom. The molecule has 4 heteroatoms. The van der Waals surface area contributed by atoms with E-state index < -0.39 is 11.9 Å². The second kappa shape index (κ2) is 6.04. The number of rotatable bonds is 4. The average molecular weight is 281 g/mol. The summed E-state index contributed by atoms with van der Waals surface area (Å²) >= 11 is 5.85. The van der Waals surface area contributed by atoms with Gasteiger partial charge in [-0.3, -0.25) is 0 Å². The number of benzene rings is 2. The highest BCUT2D eigenvalue weighted by molar-refractivity contribution is 6.31. The van der Waals surface area contributed by atoms with Crippen molar-refractivity contribution < 1.29 is 14.2 Å². The molecule has 0 spiro atoms. The molecule has 0 aliphatic rings. The van der Waals surface area contributed by atoms with Crippen molar-refractivity contribution in [3.8, 4) is 5.75 Å². The molecule has 0 amide bonds. The van der Waals surface area contributed by atoms with Crippen LogP contribution in [0, 0.1) is 5.82 Å². The minimum absolute atomic E-state index is 0.0779. The second-order valence-corrected chi connectivity index (χ2v) is 4.63. The molecule has 1 atom stereocenters. The third-order valence-corrected chi connectivity index (χ3v) is 3.19. The van der Waals surface area contributed by atoms with E-state index in [0.717, 1.165) is 5.56 Å². The summed E-state index contributed by atoms with van der Waals surface area (Å²) < 4.78 is 18.8. The van der Waals surface area contributed by atoms with Gasteiger partial charge in [0.15, 0.2) is 0 Å². The molecule has 2 aromatic carbocycles.